The van der Waals surface area contributed by atoms with Crippen molar-refractivity contribution in [2.45, 2.75) is 25.0 Å². The minimum atomic E-state index is -0.976. The van der Waals surface area contributed by atoms with E-state index in [0.29, 0.717) is 24.2 Å². The Labute approximate surface area is 154 Å². The van der Waals surface area contributed by atoms with Gasteiger partial charge in [-0.05, 0) is 18.6 Å². The Morgan fingerprint density at radius 2 is 2.07 bits per heavy atom. The minimum absolute atomic E-state index is 0.0404. The average molecular weight is 374 g/mol. The second-order valence-corrected chi connectivity index (χ2v) is 6.25. The summed E-state index contributed by atoms with van der Waals surface area (Å²) < 4.78 is 6.72. The Bertz CT molecular complexity index is 863. The van der Waals surface area contributed by atoms with Gasteiger partial charge >= 0.3 is 5.97 Å². The van der Waals surface area contributed by atoms with Crippen molar-refractivity contribution in [2.75, 3.05) is 13.7 Å². The van der Waals surface area contributed by atoms with Crippen molar-refractivity contribution in [1.82, 2.24) is 14.7 Å². The van der Waals surface area contributed by atoms with Gasteiger partial charge in [0.1, 0.15) is 0 Å². The van der Waals surface area contributed by atoms with Crippen molar-refractivity contribution in [3.8, 4) is 5.69 Å². The first-order chi connectivity index (χ1) is 12.9. The molecule has 1 aromatic carbocycles. The molecule has 1 fully saturated rings. The predicted molar refractivity (Wildman–Crippen MR) is 92.7 cm³/mol. The van der Waals surface area contributed by atoms with E-state index >= 15 is 0 Å². The number of benzene rings is 1. The molecule has 1 aliphatic heterocycles. The number of likely N-dealkylation sites (tertiary alicyclic amines) is 1. The maximum atomic E-state index is 12.8. The molecule has 0 spiro atoms. The Kier molecular flexibility index (Phi) is 5.17. The maximum absolute atomic E-state index is 12.8. The third-order valence-electron chi connectivity index (χ3n) is 4.54. The molecule has 1 N–H and O–H groups in total. The second-order valence-electron chi connectivity index (χ2n) is 6.25. The van der Waals surface area contributed by atoms with Crippen LogP contribution in [0.25, 0.3) is 5.69 Å². The van der Waals surface area contributed by atoms with Crippen molar-refractivity contribution < 1.29 is 24.4 Å². The number of nitro groups is 1. The number of carbonyl (C=O) groups is 2. The lowest BCUT2D eigenvalue weighted by molar-refractivity contribution is -0.384. The molecular formula is C17H18N4O6. The molecule has 1 saturated heterocycles. The van der Waals surface area contributed by atoms with Gasteiger partial charge in [-0.1, -0.05) is 0 Å². The molecule has 142 valence electrons. The van der Waals surface area contributed by atoms with E-state index in [1.807, 2.05) is 0 Å². The normalized spacial score (nSPS) is 19.2. The third kappa shape index (κ3) is 3.95. The number of hydrogen-bond donors (Lipinski definition) is 1. The number of methoxy groups -OCH3 is 1. The van der Waals surface area contributed by atoms with Gasteiger partial charge in [-0.25, -0.2) is 4.68 Å². The molecule has 10 nitrogen and oxygen atoms in total. The van der Waals surface area contributed by atoms with Crippen LogP contribution in [0.3, 0.4) is 0 Å². The molecule has 27 heavy (non-hydrogen) atoms. The smallest absolute Gasteiger partial charge is 0.305 e. The Hall–Kier alpha value is -3.27. The van der Waals surface area contributed by atoms with Crippen LogP contribution in [0.2, 0.25) is 0 Å². The summed E-state index contributed by atoms with van der Waals surface area (Å²) in [6, 6.07) is 5.32. The molecule has 0 radical (unpaired) electrons. The Morgan fingerprint density at radius 1 is 1.37 bits per heavy atom. The fourth-order valence-corrected chi connectivity index (χ4v) is 3.16. The van der Waals surface area contributed by atoms with Crippen LogP contribution < -0.4 is 0 Å². The number of aromatic nitrogens is 2. The number of ether oxygens (including phenoxy) is 1. The highest BCUT2D eigenvalue weighted by atomic mass is 16.6. The number of aliphatic carboxylic acids is 1. The summed E-state index contributed by atoms with van der Waals surface area (Å²) in [5.41, 5.74) is 0.833. The summed E-state index contributed by atoms with van der Waals surface area (Å²) in [5.74, 6) is -1.30. The van der Waals surface area contributed by atoms with Gasteiger partial charge in [0, 0.05) is 38.0 Å². The van der Waals surface area contributed by atoms with E-state index in [9.17, 15) is 19.7 Å². The number of nitrogens with zero attached hydrogens (tertiary/aromatic N) is 4. The van der Waals surface area contributed by atoms with Gasteiger partial charge in [0.25, 0.3) is 11.6 Å². The van der Waals surface area contributed by atoms with Crippen LogP contribution in [0, 0.1) is 10.1 Å². The summed E-state index contributed by atoms with van der Waals surface area (Å²) in [5, 5.41) is 23.9. The number of hydrogen-bond acceptors (Lipinski definition) is 6. The predicted octanol–water partition coefficient (Wildman–Crippen LogP) is 1.48. The highest BCUT2D eigenvalue weighted by molar-refractivity contribution is 5.94. The monoisotopic (exact) mass is 374 g/mol. The lowest BCUT2D eigenvalue weighted by atomic mass is 10.1. The summed E-state index contributed by atoms with van der Waals surface area (Å²) in [7, 11) is 1.53. The first-order valence-corrected chi connectivity index (χ1v) is 8.24. The lowest BCUT2D eigenvalue weighted by Gasteiger charge is -2.22. The topological polar surface area (TPSA) is 128 Å². The first kappa shape index (κ1) is 18.5. The van der Waals surface area contributed by atoms with E-state index in [2.05, 4.69) is 5.10 Å². The number of rotatable bonds is 6. The molecule has 2 unspecified atom stereocenters. The third-order valence-corrected chi connectivity index (χ3v) is 4.54. The summed E-state index contributed by atoms with van der Waals surface area (Å²) in [6.45, 7) is 0.315. The zero-order valence-corrected chi connectivity index (χ0v) is 14.5. The fraction of sp³-hybridized carbons (Fsp3) is 0.353. The molecule has 1 aromatic heterocycles. The number of non-ortho nitro benzene ring substituents is 1. The van der Waals surface area contributed by atoms with Crippen molar-refractivity contribution in [3.63, 3.8) is 0 Å². The number of nitro benzene ring substituents is 1. The van der Waals surface area contributed by atoms with E-state index in [1.54, 1.807) is 0 Å². The minimum Gasteiger partial charge on any atom is -0.481 e. The number of carboxylic acids is 1. The molecule has 2 heterocycles. The van der Waals surface area contributed by atoms with E-state index < -0.39 is 16.9 Å². The largest absolute Gasteiger partial charge is 0.481 e. The van der Waals surface area contributed by atoms with Crippen molar-refractivity contribution in [3.05, 3.63) is 52.3 Å². The summed E-state index contributed by atoms with van der Waals surface area (Å²) in [6.07, 6.45) is 3.01. The van der Waals surface area contributed by atoms with Gasteiger partial charge in [0.05, 0.1) is 34.9 Å². The van der Waals surface area contributed by atoms with E-state index in [1.165, 1.54) is 53.4 Å². The molecule has 1 amide bonds. The highest BCUT2D eigenvalue weighted by Gasteiger charge is 2.37. The average Bonchev–Trinajstić information content (AvgIpc) is 3.28. The van der Waals surface area contributed by atoms with Gasteiger partial charge in [0.15, 0.2) is 0 Å². The van der Waals surface area contributed by atoms with Crippen LogP contribution in [-0.2, 0) is 9.53 Å². The quantitative estimate of drug-likeness (QED) is 0.599. The van der Waals surface area contributed by atoms with Crippen LogP contribution >= 0.6 is 0 Å². The molecular weight excluding hydrogens is 356 g/mol. The molecule has 0 bridgehead atoms. The summed E-state index contributed by atoms with van der Waals surface area (Å²) >= 11 is 0. The van der Waals surface area contributed by atoms with Gasteiger partial charge in [-0.15, -0.1) is 0 Å². The van der Waals surface area contributed by atoms with Gasteiger partial charge < -0.3 is 14.7 Å². The fourth-order valence-electron chi connectivity index (χ4n) is 3.16. The maximum Gasteiger partial charge on any atom is 0.305 e. The van der Waals surface area contributed by atoms with Gasteiger partial charge in [-0.3, -0.25) is 19.7 Å². The van der Waals surface area contributed by atoms with Crippen molar-refractivity contribution in [2.24, 2.45) is 0 Å². The number of amides is 1. The van der Waals surface area contributed by atoms with Crippen LogP contribution in [0.1, 0.15) is 23.2 Å². The van der Waals surface area contributed by atoms with Crippen molar-refractivity contribution in [1.29, 1.82) is 0 Å². The standard InChI is InChI=1S/C17H18N4O6/c1-27-15-6-14(7-16(22)23)19(10-15)17(24)11-8-18-20(9-11)12-2-4-13(5-3-12)21(25)26/h2-5,8-9,14-15H,6-7,10H2,1H3,(H,22,23). The molecule has 1 aliphatic rings. The van der Waals surface area contributed by atoms with Gasteiger partial charge in [-0.2, -0.15) is 5.10 Å². The molecule has 0 aliphatic carbocycles. The Balaban J connectivity index is 1.79. The SMILES string of the molecule is COC1CC(CC(=O)O)N(C(=O)c2cnn(-c3ccc([N+](=O)[O-])cc3)c2)C1. The van der Waals surface area contributed by atoms with Crippen LogP contribution in [0.5, 0.6) is 0 Å². The van der Waals surface area contributed by atoms with E-state index in [-0.39, 0.29) is 24.1 Å². The van der Waals surface area contributed by atoms with Gasteiger partial charge in [0.2, 0.25) is 0 Å². The van der Waals surface area contributed by atoms with Crippen molar-refractivity contribution >= 4 is 17.6 Å². The van der Waals surface area contributed by atoms with Crippen LogP contribution in [0.15, 0.2) is 36.7 Å². The number of carbonyl (C=O) groups excluding carboxylic acids is 1. The Morgan fingerprint density at radius 3 is 2.67 bits per heavy atom. The second kappa shape index (κ2) is 7.54. The zero-order chi connectivity index (χ0) is 19.6. The molecule has 3 rings (SSSR count). The molecule has 2 atom stereocenters. The molecule has 0 saturated carbocycles. The first-order valence-electron chi connectivity index (χ1n) is 8.24. The molecule has 10 heteroatoms. The van der Waals surface area contributed by atoms with E-state index in [4.69, 9.17) is 9.84 Å². The van der Waals surface area contributed by atoms with E-state index in [0.717, 1.165) is 0 Å². The number of carboxylic acid groups (broad SMARTS) is 1. The zero-order valence-electron chi connectivity index (χ0n) is 14.5. The molecule has 2 aromatic rings. The highest BCUT2D eigenvalue weighted by Crippen LogP contribution is 2.25. The summed E-state index contributed by atoms with van der Waals surface area (Å²) in [4.78, 5) is 35.6. The van der Waals surface area contributed by atoms with Crippen LogP contribution in [0.4, 0.5) is 5.69 Å². The lowest BCUT2D eigenvalue weighted by Crippen LogP contribution is -2.37. The van der Waals surface area contributed by atoms with Crippen LogP contribution in [-0.4, -0.2) is 62.4 Å².